The fourth-order valence-electron chi connectivity index (χ4n) is 1.15. The number of hydrogen-bond donors (Lipinski definition) is 3. The molecule has 0 rings (SSSR count). The molecule has 2 amide bonds. The van der Waals surface area contributed by atoms with Crippen molar-refractivity contribution in [2.75, 3.05) is 18.6 Å². The fourth-order valence-corrected chi connectivity index (χ4v) is 2.14. The molecule has 0 aliphatic rings. The quantitative estimate of drug-likeness (QED) is 0.625. The summed E-state index contributed by atoms with van der Waals surface area (Å²) in [6.45, 7) is 4.48. The number of nitrogens with one attached hydrogen (secondary N) is 2. The molecule has 3 N–H and O–H groups in total. The molecule has 0 heterocycles. The number of aliphatic carboxylic acids is 1. The third kappa shape index (κ3) is 7.10. The van der Waals surface area contributed by atoms with E-state index in [9.17, 15) is 18.0 Å². The predicted molar refractivity (Wildman–Crippen MR) is 67.1 cm³/mol. The highest BCUT2D eigenvalue weighted by Crippen LogP contribution is 2.12. The molecule has 0 spiro atoms. The third-order valence-corrected chi connectivity index (χ3v) is 3.31. The highest BCUT2D eigenvalue weighted by atomic mass is 32.2. The minimum absolute atomic E-state index is 0.0419. The first-order valence-corrected chi connectivity index (χ1v) is 7.45. The molecule has 0 saturated heterocycles. The van der Waals surface area contributed by atoms with Crippen LogP contribution in [0.4, 0.5) is 4.79 Å². The Morgan fingerprint density at radius 3 is 2.22 bits per heavy atom. The second-order valence-electron chi connectivity index (χ2n) is 5.01. The number of hydrogen-bond acceptors (Lipinski definition) is 4. The van der Waals surface area contributed by atoms with E-state index in [0.29, 0.717) is 0 Å². The molecule has 0 aromatic heterocycles. The molecule has 0 bridgehead atoms. The standard InChI is InChI=1S/C10H20N2O5S/c1-7(5-18(4,16)17)12-9(15)11-6-10(2,3)8(13)14/h7H,5-6H2,1-4H3,(H,13,14)(H2,11,12,15). The zero-order chi connectivity index (χ0) is 14.6. The number of carbonyl (C=O) groups excluding carboxylic acids is 1. The molecule has 18 heavy (non-hydrogen) atoms. The summed E-state index contributed by atoms with van der Waals surface area (Å²) in [5.74, 6) is -1.19. The van der Waals surface area contributed by atoms with Gasteiger partial charge in [-0.1, -0.05) is 0 Å². The van der Waals surface area contributed by atoms with Crippen molar-refractivity contribution >= 4 is 21.8 Å². The molecule has 1 atom stereocenters. The van der Waals surface area contributed by atoms with Crippen LogP contribution in [-0.4, -0.2) is 50.1 Å². The van der Waals surface area contributed by atoms with Gasteiger partial charge in [0.15, 0.2) is 0 Å². The van der Waals surface area contributed by atoms with Crippen LogP contribution in [0.3, 0.4) is 0 Å². The molecule has 0 saturated carbocycles. The van der Waals surface area contributed by atoms with Gasteiger partial charge >= 0.3 is 12.0 Å². The Morgan fingerprint density at radius 2 is 1.83 bits per heavy atom. The first kappa shape index (κ1) is 16.7. The Hall–Kier alpha value is -1.31. The van der Waals surface area contributed by atoms with E-state index in [4.69, 9.17) is 5.11 Å². The van der Waals surface area contributed by atoms with Gasteiger partial charge in [0.25, 0.3) is 0 Å². The fraction of sp³-hybridized carbons (Fsp3) is 0.800. The second-order valence-corrected chi connectivity index (χ2v) is 7.19. The SMILES string of the molecule is CC(CS(C)(=O)=O)NC(=O)NCC(C)(C)C(=O)O. The average Bonchev–Trinajstić information content (AvgIpc) is 2.11. The van der Waals surface area contributed by atoms with E-state index in [0.717, 1.165) is 6.26 Å². The van der Waals surface area contributed by atoms with Crippen molar-refractivity contribution in [3.8, 4) is 0 Å². The van der Waals surface area contributed by atoms with Crippen LogP contribution in [0, 0.1) is 5.41 Å². The highest BCUT2D eigenvalue weighted by Gasteiger charge is 2.27. The topological polar surface area (TPSA) is 113 Å². The van der Waals surface area contributed by atoms with E-state index in [1.807, 2.05) is 0 Å². The third-order valence-electron chi connectivity index (χ3n) is 2.20. The van der Waals surface area contributed by atoms with Gasteiger partial charge in [0.1, 0.15) is 9.84 Å². The van der Waals surface area contributed by atoms with Gasteiger partial charge in [-0.25, -0.2) is 13.2 Å². The monoisotopic (exact) mass is 280 g/mol. The molecule has 0 aliphatic carbocycles. The van der Waals surface area contributed by atoms with Gasteiger partial charge in [0, 0.05) is 18.8 Å². The molecule has 0 fully saturated rings. The number of carboxylic acid groups (broad SMARTS) is 1. The van der Waals surface area contributed by atoms with Gasteiger partial charge in [-0.3, -0.25) is 4.79 Å². The smallest absolute Gasteiger partial charge is 0.315 e. The van der Waals surface area contributed by atoms with Crippen LogP contribution in [0.1, 0.15) is 20.8 Å². The molecule has 8 heteroatoms. The van der Waals surface area contributed by atoms with Crippen LogP contribution in [0.2, 0.25) is 0 Å². The summed E-state index contributed by atoms with van der Waals surface area (Å²) >= 11 is 0. The predicted octanol–water partition coefficient (Wildman–Crippen LogP) is -0.170. The average molecular weight is 280 g/mol. The molecule has 0 aliphatic heterocycles. The highest BCUT2D eigenvalue weighted by molar-refractivity contribution is 7.90. The van der Waals surface area contributed by atoms with Gasteiger partial charge in [-0.05, 0) is 20.8 Å². The lowest BCUT2D eigenvalue weighted by atomic mass is 9.94. The van der Waals surface area contributed by atoms with Crippen LogP contribution < -0.4 is 10.6 Å². The van der Waals surface area contributed by atoms with Crippen molar-refractivity contribution in [2.24, 2.45) is 5.41 Å². The molecule has 1 unspecified atom stereocenters. The summed E-state index contributed by atoms with van der Waals surface area (Å²) in [5, 5.41) is 13.7. The first-order valence-electron chi connectivity index (χ1n) is 5.39. The maximum Gasteiger partial charge on any atom is 0.315 e. The lowest BCUT2D eigenvalue weighted by Gasteiger charge is -2.20. The molecule has 0 aromatic rings. The van der Waals surface area contributed by atoms with Crippen molar-refractivity contribution in [1.82, 2.24) is 10.6 Å². The molecule has 106 valence electrons. The van der Waals surface area contributed by atoms with E-state index in [2.05, 4.69) is 10.6 Å². The maximum atomic E-state index is 11.4. The van der Waals surface area contributed by atoms with Crippen LogP contribution >= 0.6 is 0 Å². The van der Waals surface area contributed by atoms with E-state index in [-0.39, 0.29) is 12.3 Å². The van der Waals surface area contributed by atoms with E-state index in [1.54, 1.807) is 6.92 Å². The Bertz CT molecular complexity index is 416. The molecule has 0 radical (unpaired) electrons. The normalized spacial score (nSPS) is 13.8. The van der Waals surface area contributed by atoms with Crippen molar-refractivity contribution in [1.29, 1.82) is 0 Å². The molecular weight excluding hydrogens is 260 g/mol. The summed E-state index contributed by atoms with van der Waals surface area (Å²) in [7, 11) is -3.16. The molecule has 0 aromatic carbocycles. The molecular formula is C10H20N2O5S. The van der Waals surface area contributed by atoms with Crippen LogP contribution in [0.5, 0.6) is 0 Å². The van der Waals surface area contributed by atoms with Crippen molar-refractivity contribution in [2.45, 2.75) is 26.8 Å². The number of carbonyl (C=O) groups is 2. The Labute approximate surface area is 107 Å². The van der Waals surface area contributed by atoms with Crippen molar-refractivity contribution in [3.63, 3.8) is 0 Å². The van der Waals surface area contributed by atoms with Crippen LogP contribution in [0.15, 0.2) is 0 Å². The van der Waals surface area contributed by atoms with Crippen molar-refractivity contribution < 1.29 is 23.1 Å². The summed E-state index contributed by atoms with van der Waals surface area (Å²) < 4.78 is 22.0. The lowest BCUT2D eigenvalue weighted by molar-refractivity contribution is -0.146. The zero-order valence-electron chi connectivity index (χ0n) is 11.0. The largest absolute Gasteiger partial charge is 0.481 e. The minimum Gasteiger partial charge on any atom is -0.481 e. The number of sulfone groups is 1. The Balaban J connectivity index is 4.18. The van der Waals surface area contributed by atoms with E-state index in [1.165, 1.54) is 13.8 Å². The minimum atomic E-state index is -3.16. The summed E-state index contributed by atoms with van der Waals surface area (Å²) in [4.78, 5) is 22.2. The number of carboxylic acids is 1. The van der Waals surface area contributed by atoms with Gasteiger partial charge in [-0.15, -0.1) is 0 Å². The van der Waals surface area contributed by atoms with Crippen LogP contribution in [0.25, 0.3) is 0 Å². The number of rotatable bonds is 6. The van der Waals surface area contributed by atoms with Gasteiger partial charge < -0.3 is 15.7 Å². The Morgan fingerprint density at radius 1 is 1.33 bits per heavy atom. The summed E-state index contributed by atoms with van der Waals surface area (Å²) in [6, 6.07) is -1.12. The van der Waals surface area contributed by atoms with Gasteiger partial charge in [0.05, 0.1) is 11.2 Å². The lowest BCUT2D eigenvalue weighted by Crippen LogP contribution is -2.47. The summed E-state index contributed by atoms with van der Waals surface area (Å²) in [6.07, 6.45) is 1.08. The van der Waals surface area contributed by atoms with E-state index >= 15 is 0 Å². The van der Waals surface area contributed by atoms with E-state index < -0.39 is 33.3 Å². The van der Waals surface area contributed by atoms with Crippen LogP contribution in [-0.2, 0) is 14.6 Å². The first-order chi connectivity index (χ1) is 7.94. The number of amides is 2. The summed E-state index contributed by atoms with van der Waals surface area (Å²) in [5.41, 5.74) is -1.07. The maximum absolute atomic E-state index is 11.4. The second kappa shape index (κ2) is 6.03. The zero-order valence-corrected chi connectivity index (χ0v) is 11.8. The van der Waals surface area contributed by atoms with Crippen molar-refractivity contribution in [3.05, 3.63) is 0 Å². The van der Waals surface area contributed by atoms with Gasteiger partial charge in [0.2, 0.25) is 0 Å². The van der Waals surface area contributed by atoms with Gasteiger partial charge in [-0.2, -0.15) is 0 Å². The number of urea groups is 1. The molecule has 7 nitrogen and oxygen atoms in total. The Kier molecular flexibility index (Phi) is 5.59.